The van der Waals surface area contributed by atoms with Crippen molar-refractivity contribution in [3.63, 3.8) is 0 Å². The summed E-state index contributed by atoms with van der Waals surface area (Å²) in [6.45, 7) is 0. The van der Waals surface area contributed by atoms with Crippen molar-refractivity contribution in [1.82, 2.24) is 13.2 Å². The van der Waals surface area contributed by atoms with Crippen LogP contribution in [-0.4, -0.2) is 13.2 Å². The van der Waals surface area contributed by atoms with Crippen LogP contribution in [0.4, 0.5) is 0 Å². The number of fused-ring (bicyclic) bond motifs is 15. The Morgan fingerprint density at radius 2 is 0.538 bits per heavy atom. The van der Waals surface area contributed by atoms with E-state index in [9.17, 15) is 0 Å². The number of aromatic nitrogens is 3. The highest BCUT2D eigenvalue weighted by Gasteiger charge is 2.15. The van der Waals surface area contributed by atoms with Crippen LogP contribution in [0.3, 0.4) is 0 Å². The molecule has 0 aliphatic carbocycles. The van der Waals surface area contributed by atoms with Gasteiger partial charge in [-0.15, -0.1) is 0 Å². The molecule has 39 heavy (non-hydrogen) atoms. The smallest absolute Gasteiger partial charge is 0.0561 e. The largest absolute Gasteiger partial charge is 0.309 e. The van der Waals surface area contributed by atoms with Gasteiger partial charge in [0.2, 0.25) is 0 Å². The molecule has 0 N–H and O–H groups in total. The van der Waals surface area contributed by atoms with E-state index < -0.39 is 0 Å². The second kappa shape index (κ2) is 6.77. The van der Waals surface area contributed by atoms with Gasteiger partial charge in [0.15, 0.2) is 0 Å². The number of nitrogens with zero attached hydrogens (tertiary/aromatic N) is 3. The SMILES string of the molecule is c1ccc2c(c1)c1ccc3cc1n2c1ccc2c4ccccc4n(c4ccc5c6ccccc6n3c5c4)c2c1. The van der Waals surface area contributed by atoms with Crippen molar-refractivity contribution in [2.45, 2.75) is 0 Å². The molecule has 4 heterocycles. The predicted octanol–water partition coefficient (Wildman–Crippen LogP) is 9.36. The van der Waals surface area contributed by atoms with Gasteiger partial charge in [-0.3, -0.25) is 0 Å². The Morgan fingerprint density at radius 1 is 0.256 bits per heavy atom. The molecule has 10 aromatic rings. The molecule has 0 saturated carbocycles. The fourth-order valence-electron chi connectivity index (χ4n) is 7.13. The number of hydrogen-bond donors (Lipinski definition) is 0. The average molecular weight is 496 g/mol. The highest BCUT2D eigenvalue weighted by molar-refractivity contribution is 6.15. The number of benzene rings is 6. The normalized spacial score (nSPS) is 12.6. The zero-order valence-corrected chi connectivity index (χ0v) is 21.0. The Labute approximate surface area is 222 Å². The van der Waals surface area contributed by atoms with Crippen LogP contribution in [0.5, 0.6) is 0 Å². The third kappa shape index (κ3) is 2.35. The van der Waals surface area contributed by atoms with E-state index in [0.717, 1.165) is 0 Å². The Kier molecular flexibility index (Phi) is 3.44. The molecule has 6 bridgehead atoms. The molecule has 0 aliphatic heterocycles. The maximum atomic E-state index is 2.44. The molecule has 0 spiro atoms. The van der Waals surface area contributed by atoms with E-state index >= 15 is 0 Å². The monoisotopic (exact) mass is 495 g/mol. The summed E-state index contributed by atoms with van der Waals surface area (Å²) in [5.74, 6) is 0. The molecule has 0 radical (unpaired) electrons. The third-order valence-electron chi connectivity index (χ3n) is 8.75. The van der Waals surface area contributed by atoms with Crippen molar-refractivity contribution in [1.29, 1.82) is 0 Å². The zero-order valence-electron chi connectivity index (χ0n) is 21.0. The van der Waals surface area contributed by atoms with Crippen LogP contribution in [0.1, 0.15) is 0 Å². The molecule has 180 valence electrons. The van der Waals surface area contributed by atoms with E-state index in [1.165, 1.54) is 82.0 Å². The number of para-hydroxylation sites is 3. The molecule has 0 amide bonds. The molecule has 0 fully saturated rings. The van der Waals surface area contributed by atoms with Crippen LogP contribution < -0.4 is 0 Å². The van der Waals surface area contributed by atoms with Gasteiger partial charge in [0.05, 0.1) is 33.1 Å². The molecule has 4 aromatic heterocycles. The van der Waals surface area contributed by atoms with E-state index in [1.807, 2.05) is 0 Å². The molecule has 0 aliphatic rings. The molecular formula is C36H21N3. The van der Waals surface area contributed by atoms with E-state index in [4.69, 9.17) is 0 Å². The maximum absolute atomic E-state index is 2.44. The first-order valence-corrected chi connectivity index (χ1v) is 13.5. The summed E-state index contributed by atoms with van der Waals surface area (Å²) in [5, 5.41) is 7.64. The van der Waals surface area contributed by atoms with Crippen molar-refractivity contribution < 1.29 is 0 Å². The maximum Gasteiger partial charge on any atom is 0.0561 e. The molecule has 0 saturated heterocycles. The summed E-state index contributed by atoms with van der Waals surface area (Å²) < 4.78 is 7.32. The van der Waals surface area contributed by atoms with Crippen LogP contribution in [-0.2, 0) is 0 Å². The molecule has 0 atom stereocenters. The molecule has 3 heteroatoms. The number of rotatable bonds is 0. The standard InChI is InChI=1S/C36H21N3/c1-4-10-31-25(7-1)28-16-13-23-19-34(28)37(31)22-14-17-29-26-8-3-6-12-33(26)39(35(29)20-22)24-15-18-30-27-9-2-5-11-32(27)38(23)36(30)21-24/h1-21H. The lowest BCUT2D eigenvalue weighted by molar-refractivity contribution is 1.29. The lowest BCUT2D eigenvalue weighted by Gasteiger charge is -2.06. The van der Waals surface area contributed by atoms with Gasteiger partial charge < -0.3 is 13.2 Å². The van der Waals surface area contributed by atoms with Crippen LogP contribution >= 0.6 is 0 Å². The Hall–Kier alpha value is -5.28. The van der Waals surface area contributed by atoms with Crippen molar-refractivity contribution in [2.24, 2.45) is 0 Å². The third-order valence-corrected chi connectivity index (χ3v) is 8.75. The quantitative estimate of drug-likeness (QED) is 0.199. The van der Waals surface area contributed by atoms with Crippen LogP contribution in [0.25, 0.3) is 82.0 Å². The first-order valence-electron chi connectivity index (χ1n) is 13.5. The summed E-state index contributed by atoms with van der Waals surface area (Å²) >= 11 is 0. The molecule has 6 aromatic carbocycles. The minimum Gasteiger partial charge on any atom is -0.309 e. The Morgan fingerprint density at radius 3 is 0.872 bits per heavy atom. The molecular weight excluding hydrogens is 474 g/mol. The fourth-order valence-corrected chi connectivity index (χ4v) is 7.13. The van der Waals surface area contributed by atoms with E-state index in [-0.39, 0.29) is 0 Å². The van der Waals surface area contributed by atoms with Gasteiger partial charge in [-0.1, -0.05) is 72.8 Å². The highest BCUT2D eigenvalue weighted by Crippen LogP contribution is 2.37. The minimum absolute atomic E-state index is 1.18. The van der Waals surface area contributed by atoms with Crippen LogP contribution in [0.15, 0.2) is 127 Å². The summed E-state index contributed by atoms with van der Waals surface area (Å²) in [4.78, 5) is 0. The van der Waals surface area contributed by atoms with Crippen molar-refractivity contribution >= 4 is 82.0 Å². The summed E-state index contributed by atoms with van der Waals surface area (Å²) in [5.41, 5.74) is 10.9. The molecule has 3 nitrogen and oxygen atoms in total. The van der Waals surface area contributed by atoms with Gasteiger partial charge in [0.25, 0.3) is 0 Å². The summed E-state index contributed by atoms with van der Waals surface area (Å²) in [6, 6.07) is 47.2. The lowest BCUT2D eigenvalue weighted by atomic mass is 10.1. The van der Waals surface area contributed by atoms with Gasteiger partial charge in [-0.25, -0.2) is 0 Å². The fraction of sp³-hybridized carbons (Fsp3) is 0. The zero-order chi connectivity index (χ0) is 25.2. The predicted molar refractivity (Wildman–Crippen MR) is 164 cm³/mol. The minimum atomic E-state index is 1.18. The molecule has 10 rings (SSSR count). The van der Waals surface area contributed by atoms with Crippen LogP contribution in [0, 0.1) is 0 Å². The van der Waals surface area contributed by atoms with Gasteiger partial charge >= 0.3 is 0 Å². The van der Waals surface area contributed by atoms with Gasteiger partial charge in [0.1, 0.15) is 0 Å². The number of hydrogen-bond acceptors (Lipinski definition) is 0. The van der Waals surface area contributed by atoms with E-state index in [1.54, 1.807) is 0 Å². The summed E-state index contributed by atoms with van der Waals surface area (Å²) in [6.07, 6.45) is 0. The Bertz CT molecular complexity index is 2370. The lowest BCUT2D eigenvalue weighted by Crippen LogP contribution is -1.90. The Balaban J connectivity index is 1.63. The average Bonchev–Trinajstić information content (AvgIpc) is 3.61. The highest BCUT2D eigenvalue weighted by atomic mass is 14.9. The second-order valence-corrected chi connectivity index (χ2v) is 10.7. The topological polar surface area (TPSA) is 13.2 Å². The van der Waals surface area contributed by atoms with Crippen molar-refractivity contribution in [3.05, 3.63) is 127 Å². The second-order valence-electron chi connectivity index (χ2n) is 10.7. The van der Waals surface area contributed by atoms with Gasteiger partial charge in [0, 0.05) is 48.9 Å². The summed E-state index contributed by atoms with van der Waals surface area (Å²) in [7, 11) is 0. The van der Waals surface area contributed by atoms with Crippen molar-refractivity contribution in [2.75, 3.05) is 0 Å². The van der Waals surface area contributed by atoms with Gasteiger partial charge in [-0.05, 0) is 54.6 Å². The first kappa shape index (κ1) is 19.8. The van der Waals surface area contributed by atoms with E-state index in [2.05, 4.69) is 141 Å². The van der Waals surface area contributed by atoms with Crippen molar-refractivity contribution in [3.8, 4) is 0 Å². The van der Waals surface area contributed by atoms with Crippen LogP contribution in [0.2, 0.25) is 0 Å². The van der Waals surface area contributed by atoms with E-state index in [0.29, 0.717) is 0 Å². The molecule has 0 unspecified atom stereocenters. The van der Waals surface area contributed by atoms with Gasteiger partial charge in [-0.2, -0.15) is 0 Å². The first-order chi connectivity index (χ1) is 19.3.